The molecule has 4 heterocycles. The van der Waals surface area contributed by atoms with Crippen LogP contribution in [0.1, 0.15) is 22.2 Å². The largest absolute Gasteiger partial charge is 0.380 e. The summed E-state index contributed by atoms with van der Waals surface area (Å²) in [6, 6.07) is 4.81. The molecule has 1 aliphatic rings. The van der Waals surface area contributed by atoms with Crippen LogP contribution in [0.15, 0.2) is 36.3 Å². The lowest BCUT2D eigenvalue weighted by molar-refractivity contribution is -0.115. The third-order valence-corrected chi connectivity index (χ3v) is 5.34. The maximum Gasteiger partial charge on any atom is 0.326 e. The van der Waals surface area contributed by atoms with Gasteiger partial charge in [-0.15, -0.1) is 11.3 Å². The molecule has 4 rings (SSSR count). The van der Waals surface area contributed by atoms with Crippen LogP contribution in [0.5, 0.6) is 0 Å². The van der Waals surface area contributed by atoms with E-state index in [0.29, 0.717) is 41.5 Å². The first-order chi connectivity index (χ1) is 14.5. The fourth-order valence-electron chi connectivity index (χ4n) is 2.83. The summed E-state index contributed by atoms with van der Waals surface area (Å²) in [7, 11) is 0. The lowest BCUT2D eigenvalue weighted by atomic mass is 10.2. The highest BCUT2D eigenvalue weighted by Crippen LogP contribution is 2.27. The van der Waals surface area contributed by atoms with Crippen molar-refractivity contribution in [3.8, 4) is 10.6 Å². The molecule has 4 amide bonds. The van der Waals surface area contributed by atoms with Gasteiger partial charge in [-0.05, 0) is 31.2 Å². The molecule has 0 bridgehead atoms. The molecule has 0 aliphatic carbocycles. The van der Waals surface area contributed by atoms with Crippen molar-refractivity contribution >= 4 is 40.9 Å². The van der Waals surface area contributed by atoms with Crippen molar-refractivity contribution in [1.29, 1.82) is 0 Å². The number of hydrogen-bond donors (Lipinski definition) is 3. The van der Waals surface area contributed by atoms with Crippen LogP contribution in [-0.4, -0.2) is 52.2 Å². The number of urea groups is 1. The van der Waals surface area contributed by atoms with Gasteiger partial charge in [0.2, 0.25) is 0 Å². The monoisotopic (exact) mass is 426 g/mol. The predicted octanol–water partition coefficient (Wildman–Crippen LogP) is 1.40. The molecule has 0 radical (unpaired) electrons. The first-order valence-electron chi connectivity index (χ1n) is 9.19. The fraction of sp³-hybridized carbons (Fsp3) is 0.211. The highest BCUT2D eigenvalue weighted by atomic mass is 32.1. The second kappa shape index (κ2) is 8.43. The lowest BCUT2D eigenvalue weighted by Gasteiger charge is -2.03. The zero-order valence-corrected chi connectivity index (χ0v) is 16.8. The van der Waals surface area contributed by atoms with E-state index < -0.39 is 11.9 Å². The predicted molar refractivity (Wildman–Crippen MR) is 110 cm³/mol. The molecule has 3 aromatic rings. The number of aromatic nitrogens is 3. The molecule has 3 N–H and O–H groups in total. The SMILES string of the molecule is CCOCCNC(=O)c1ccc(-c2ccn3ncc(/C=C4\NC(=O)NC4=O)c3n2)s1. The molecule has 30 heavy (non-hydrogen) atoms. The van der Waals surface area contributed by atoms with E-state index in [4.69, 9.17) is 4.74 Å². The molecule has 11 heteroatoms. The Morgan fingerprint density at radius 1 is 1.30 bits per heavy atom. The standard InChI is InChI=1S/C19H18N6O4S/c1-2-29-8-6-20-18(27)15-4-3-14(30-15)12-5-7-25-16(22-12)11(10-21-25)9-13-17(26)24-19(28)23-13/h3-5,7,9-10H,2,6,8H2,1H3,(H,20,27)(H2,23,24,26,28)/b13-9-. The summed E-state index contributed by atoms with van der Waals surface area (Å²) in [6.45, 7) is 3.42. The number of amides is 4. The lowest BCUT2D eigenvalue weighted by Crippen LogP contribution is -2.26. The third-order valence-electron chi connectivity index (χ3n) is 4.23. The maximum atomic E-state index is 12.3. The molecule has 0 spiro atoms. The Balaban J connectivity index is 1.56. The van der Waals surface area contributed by atoms with E-state index in [2.05, 4.69) is 26.0 Å². The summed E-state index contributed by atoms with van der Waals surface area (Å²) in [4.78, 5) is 41.3. The van der Waals surface area contributed by atoms with Crippen molar-refractivity contribution in [1.82, 2.24) is 30.5 Å². The highest BCUT2D eigenvalue weighted by Gasteiger charge is 2.23. The van der Waals surface area contributed by atoms with E-state index in [0.717, 1.165) is 4.88 Å². The number of rotatable bonds is 7. The molecule has 0 saturated carbocycles. The van der Waals surface area contributed by atoms with E-state index in [1.54, 1.807) is 29.0 Å². The third kappa shape index (κ3) is 4.07. The molecule has 1 aliphatic heterocycles. The van der Waals surface area contributed by atoms with Crippen LogP contribution in [0.3, 0.4) is 0 Å². The average Bonchev–Trinajstić information content (AvgIpc) is 3.44. The van der Waals surface area contributed by atoms with Crippen molar-refractivity contribution in [2.75, 3.05) is 19.8 Å². The van der Waals surface area contributed by atoms with Gasteiger partial charge in [-0.2, -0.15) is 5.10 Å². The van der Waals surface area contributed by atoms with E-state index in [9.17, 15) is 14.4 Å². The number of carbonyl (C=O) groups excluding carboxylic acids is 3. The summed E-state index contributed by atoms with van der Waals surface area (Å²) in [5.74, 6) is -0.668. The Labute approximate surface area is 174 Å². The van der Waals surface area contributed by atoms with Crippen molar-refractivity contribution in [3.05, 3.63) is 46.7 Å². The van der Waals surface area contributed by atoms with Crippen LogP contribution in [0, 0.1) is 0 Å². The van der Waals surface area contributed by atoms with Gasteiger partial charge in [0.05, 0.1) is 28.3 Å². The highest BCUT2D eigenvalue weighted by molar-refractivity contribution is 7.17. The molecule has 3 aromatic heterocycles. The van der Waals surface area contributed by atoms with E-state index >= 15 is 0 Å². The number of imide groups is 1. The molecular weight excluding hydrogens is 408 g/mol. The number of nitrogens with zero attached hydrogens (tertiary/aromatic N) is 3. The van der Waals surface area contributed by atoms with Gasteiger partial charge in [-0.3, -0.25) is 14.9 Å². The van der Waals surface area contributed by atoms with Crippen LogP contribution < -0.4 is 16.0 Å². The van der Waals surface area contributed by atoms with Crippen LogP contribution in [-0.2, 0) is 9.53 Å². The number of ether oxygens (including phenoxy) is 1. The molecule has 10 nitrogen and oxygen atoms in total. The minimum Gasteiger partial charge on any atom is -0.380 e. The molecular formula is C19H18N6O4S. The van der Waals surface area contributed by atoms with Gasteiger partial charge in [0.25, 0.3) is 11.8 Å². The molecule has 0 atom stereocenters. The first kappa shape index (κ1) is 19.7. The van der Waals surface area contributed by atoms with Crippen molar-refractivity contribution in [2.24, 2.45) is 0 Å². The maximum absolute atomic E-state index is 12.3. The Hall–Kier alpha value is -3.57. The second-order valence-electron chi connectivity index (χ2n) is 6.26. The Kier molecular flexibility index (Phi) is 5.55. The van der Waals surface area contributed by atoms with Crippen LogP contribution >= 0.6 is 11.3 Å². The molecule has 1 fully saturated rings. The average molecular weight is 426 g/mol. The number of thiophene rings is 1. The van der Waals surface area contributed by atoms with Gasteiger partial charge in [-0.25, -0.2) is 14.3 Å². The quantitative estimate of drug-likeness (QED) is 0.298. The summed E-state index contributed by atoms with van der Waals surface area (Å²) < 4.78 is 6.79. The zero-order valence-electron chi connectivity index (χ0n) is 16.0. The van der Waals surface area contributed by atoms with Gasteiger partial charge in [0.15, 0.2) is 5.65 Å². The van der Waals surface area contributed by atoms with E-state index in [-0.39, 0.29) is 11.6 Å². The fourth-order valence-corrected chi connectivity index (χ4v) is 3.72. The van der Waals surface area contributed by atoms with Gasteiger partial charge >= 0.3 is 6.03 Å². The summed E-state index contributed by atoms with van der Waals surface area (Å²) in [6.07, 6.45) is 4.82. The normalized spacial score (nSPS) is 14.9. The summed E-state index contributed by atoms with van der Waals surface area (Å²) in [5.41, 5.74) is 1.89. The van der Waals surface area contributed by atoms with Crippen molar-refractivity contribution in [2.45, 2.75) is 6.92 Å². The minimum atomic E-state index is -0.568. The first-order valence-corrected chi connectivity index (χ1v) is 10.0. The molecule has 0 unspecified atom stereocenters. The molecule has 154 valence electrons. The van der Waals surface area contributed by atoms with Gasteiger partial charge < -0.3 is 15.4 Å². The Morgan fingerprint density at radius 2 is 2.17 bits per heavy atom. The van der Waals surface area contributed by atoms with Crippen LogP contribution in [0.2, 0.25) is 0 Å². The second-order valence-corrected chi connectivity index (χ2v) is 7.35. The van der Waals surface area contributed by atoms with E-state index in [1.807, 2.05) is 13.0 Å². The Bertz CT molecular complexity index is 1160. The van der Waals surface area contributed by atoms with Crippen molar-refractivity contribution in [3.63, 3.8) is 0 Å². The van der Waals surface area contributed by atoms with Gasteiger partial charge in [0, 0.05) is 24.9 Å². The zero-order chi connectivity index (χ0) is 21.1. The topological polar surface area (TPSA) is 127 Å². The molecule has 1 saturated heterocycles. The minimum absolute atomic E-state index is 0.129. The van der Waals surface area contributed by atoms with Crippen LogP contribution in [0.25, 0.3) is 22.3 Å². The summed E-state index contributed by atoms with van der Waals surface area (Å²) in [5, 5.41) is 11.6. The summed E-state index contributed by atoms with van der Waals surface area (Å²) >= 11 is 1.33. The number of carbonyl (C=O) groups is 3. The number of fused-ring (bicyclic) bond motifs is 1. The Morgan fingerprint density at radius 3 is 2.93 bits per heavy atom. The molecule has 0 aromatic carbocycles. The van der Waals surface area contributed by atoms with Crippen molar-refractivity contribution < 1.29 is 19.1 Å². The van der Waals surface area contributed by atoms with Gasteiger partial charge in [-0.1, -0.05) is 0 Å². The van der Waals surface area contributed by atoms with Crippen LogP contribution in [0.4, 0.5) is 4.79 Å². The smallest absolute Gasteiger partial charge is 0.326 e. The number of hydrogen-bond acceptors (Lipinski definition) is 7. The van der Waals surface area contributed by atoms with E-state index in [1.165, 1.54) is 17.4 Å². The van der Waals surface area contributed by atoms with Gasteiger partial charge in [0.1, 0.15) is 5.70 Å². The number of nitrogens with one attached hydrogen (secondary N) is 3.